The van der Waals surface area contributed by atoms with Crippen molar-refractivity contribution in [2.45, 2.75) is 19.4 Å². The van der Waals surface area contributed by atoms with E-state index in [4.69, 9.17) is 5.11 Å². The van der Waals surface area contributed by atoms with E-state index >= 15 is 0 Å². The van der Waals surface area contributed by atoms with Gasteiger partial charge in [0.15, 0.2) is 0 Å². The third kappa shape index (κ3) is 1.95. The van der Waals surface area contributed by atoms with Crippen LogP contribution < -0.4 is 5.56 Å². The molecule has 6 heteroatoms. The second kappa shape index (κ2) is 4.18. The zero-order chi connectivity index (χ0) is 11.5. The second-order valence-corrected chi connectivity index (χ2v) is 3.45. The summed E-state index contributed by atoms with van der Waals surface area (Å²) in [4.78, 5) is 22.2. The van der Waals surface area contributed by atoms with Crippen LogP contribution >= 0.6 is 0 Å². The lowest BCUT2D eigenvalue weighted by atomic mass is 10.3. The van der Waals surface area contributed by atoms with Crippen LogP contribution in [0.4, 0.5) is 0 Å². The largest absolute Gasteiger partial charge is 0.481 e. The number of aryl methyl sites for hydroxylation is 1. The second-order valence-electron chi connectivity index (χ2n) is 3.45. The van der Waals surface area contributed by atoms with E-state index in [0.717, 1.165) is 0 Å². The number of carboxylic acid groups (broad SMARTS) is 1. The van der Waals surface area contributed by atoms with Crippen LogP contribution in [0.15, 0.2) is 29.5 Å². The number of aromatic nitrogens is 3. The fourth-order valence-electron chi connectivity index (χ4n) is 1.54. The Morgan fingerprint density at radius 2 is 2.25 bits per heavy atom. The first-order valence-corrected chi connectivity index (χ1v) is 4.93. The molecule has 0 saturated heterocycles. The number of nitrogens with zero attached hydrogens (tertiary/aromatic N) is 3. The third-order valence-corrected chi connectivity index (χ3v) is 2.33. The molecule has 0 saturated carbocycles. The zero-order valence-corrected chi connectivity index (χ0v) is 8.54. The van der Waals surface area contributed by atoms with Gasteiger partial charge >= 0.3 is 5.97 Å². The van der Waals surface area contributed by atoms with E-state index in [1.165, 1.54) is 9.08 Å². The van der Waals surface area contributed by atoms with Crippen molar-refractivity contribution in [3.63, 3.8) is 0 Å². The van der Waals surface area contributed by atoms with Crippen molar-refractivity contribution in [1.82, 2.24) is 14.2 Å². The molecule has 2 heterocycles. The molecule has 84 valence electrons. The highest BCUT2D eigenvalue weighted by Gasteiger charge is 2.03. The SMILES string of the molecule is O=C(O)CCCn1ccn2nccc2c1=O. The molecule has 0 spiro atoms. The molecule has 16 heavy (non-hydrogen) atoms. The number of hydrogen-bond donors (Lipinski definition) is 1. The molecule has 0 unspecified atom stereocenters. The molecule has 0 radical (unpaired) electrons. The van der Waals surface area contributed by atoms with Gasteiger partial charge in [0.05, 0.1) is 6.20 Å². The van der Waals surface area contributed by atoms with E-state index in [-0.39, 0.29) is 12.0 Å². The smallest absolute Gasteiger partial charge is 0.303 e. The molecule has 0 atom stereocenters. The minimum Gasteiger partial charge on any atom is -0.481 e. The summed E-state index contributed by atoms with van der Waals surface area (Å²) < 4.78 is 3.00. The quantitative estimate of drug-likeness (QED) is 0.808. The Bertz CT molecular complexity index is 570. The number of carbonyl (C=O) groups is 1. The number of rotatable bonds is 4. The summed E-state index contributed by atoms with van der Waals surface area (Å²) in [6, 6.07) is 1.63. The first kappa shape index (κ1) is 10.4. The van der Waals surface area contributed by atoms with Crippen LogP contribution in [-0.4, -0.2) is 25.3 Å². The molecule has 0 aliphatic carbocycles. The molecular formula is C10H11N3O3. The first-order valence-electron chi connectivity index (χ1n) is 4.93. The van der Waals surface area contributed by atoms with Gasteiger partial charge in [0.25, 0.3) is 5.56 Å². The number of hydrogen-bond acceptors (Lipinski definition) is 3. The van der Waals surface area contributed by atoms with Crippen molar-refractivity contribution in [2.75, 3.05) is 0 Å². The Balaban J connectivity index is 2.21. The highest BCUT2D eigenvalue weighted by Crippen LogP contribution is 1.97. The third-order valence-electron chi connectivity index (χ3n) is 2.33. The summed E-state index contributed by atoms with van der Waals surface area (Å²) in [6.07, 6.45) is 5.36. The van der Waals surface area contributed by atoms with Crippen molar-refractivity contribution in [1.29, 1.82) is 0 Å². The van der Waals surface area contributed by atoms with E-state index < -0.39 is 5.97 Å². The van der Waals surface area contributed by atoms with Gasteiger partial charge in [-0.1, -0.05) is 0 Å². The monoisotopic (exact) mass is 221 g/mol. The van der Waals surface area contributed by atoms with Crippen LogP contribution in [0, 0.1) is 0 Å². The number of fused-ring (bicyclic) bond motifs is 1. The highest BCUT2D eigenvalue weighted by molar-refractivity contribution is 5.66. The van der Waals surface area contributed by atoms with Gasteiger partial charge in [-0.25, -0.2) is 4.52 Å². The summed E-state index contributed by atoms with van der Waals surface area (Å²) in [6.45, 7) is 0.410. The highest BCUT2D eigenvalue weighted by atomic mass is 16.4. The molecule has 0 aliphatic heterocycles. The predicted octanol–water partition coefficient (Wildman–Crippen LogP) is 0.361. The molecule has 0 aromatic carbocycles. The van der Waals surface area contributed by atoms with Crippen LogP contribution in [0.3, 0.4) is 0 Å². The topological polar surface area (TPSA) is 76.6 Å². The molecule has 0 aliphatic rings. The Kier molecular flexibility index (Phi) is 2.72. The number of aliphatic carboxylic acids is 1. The van der Waals surface area contributed by atoms with E-state index in [2.05, 4.69) is 5.10 Å². The van der Waals surface area contributed by atoms with Crippen LogP contribution in [0.1, 0.15) is 12.8 Å². The summed E-state index contributed by atoms with van der Waals surface area (Å²) in [5.74, 6) is -0.849. The lowest BCUT2D eigenvalue weighted by Gasteiger charge is -2.04. The minimum atomic E-state index is -0.849. The standard InChI is InChI=1S/C10H11N3O3/c14-9(15)2-1-5-12-6-7-13-8(10(12)16)3-4-11-13/h3-4,6-7H,1-2,5H2,(H,14,15). The first-order chi connectivity index (χ1) is 7.68. The molecule has 0 bridgehead atoms. The summed E-state index contributed by atoms with van der Waals surface area (Å²) in [7, 11) is 0. The lowest BCUT2D eigenvalue weighted by molar-refractivity contribution is -0.137. The van der Waals surface area contributed by atoms with Crippen molar-refractivity contribution in [2.24, 2.45) is 0 Å². The van der Waals surface area contributed by atoms with E-state index in [1.807, 2.05) is 0 Å². The Morgan fingerprint density at radius 1 is 1.44 bits per heavy atom. The summed E-state index contributed by atoms with van der Waals surface area (Å²) >= 11 is 0. The molecule has 2 aromatic heterocycles. The maximum absolute atomic E-state index is 11.8. The van der Waals surface area contributed by atoms with Crippen molar-refractivity contribution in [3.05, 3.63) is 35.0 Å². The van der Waals surface area contributed by atoms with Crippen LogP contribution in [0.5, 0.6) is 0 Å². The molecule has 6 nitrogen and oxygen atoms in total. The maximum atomic E-state index is 11.8. The fraction of sp³-hybridized carbons (Fsp3) is 0.300. The summed E-state index contributed by atoms with van der Waals surface area (Å²) in [5, 5.41) is 12.4. The molecule has 0 amide bonds. The van der Waals surface area contributed by atoms with Crippen LogP contribution in [0.25, 0.3) is 5.52 Å². The van der Waals surface area contributed by atoms with Gasteiger partial charge in [-0.2, -0.15) is 5.10 Å². The van der Waals surface area contributed by atoms with Gasteiger partial charge in [0.2, 0.25) is 0 Å². The van der Waals surface area contributed by atoms with Crippen LogP contribution in [0.2, 0.25) is 0 Å². The predicted molar refractivity (Wildman–Crippen MR) is 56.3 cm³/mol. The molecule has 2 aromatic rings. The molecule has 1 N–H and O–H groups in total. The van der Waals surface area contributed by atoms with Gasteiger partial charge in [-0.3, -0.25) is 9.59 Å². The van der Waals surface area contributed by atoms with E-state index in [9.17, 15) is 9.59 Å². The Labute approximate surface area is 90.7 Å². The normalized spacial score (nSPS) is 10.8. The lowest BCUT2D eigenvalue weighted by Crippen LogP contribution is -2.21. The van der Waals surface area contributed by atoms with Gasteiger partial charge in [-0.05, 0) is 12.5 Å². The molecule has 2 rings (SSSR count). The van der Waals surface area contributed by atoms with Gasteiger partial charge in [-0.15, -0.1) is 0 Å². The Hall–Kier alpha value is -2.11. The van der Waals surface area contributed by atoms with Gasteiger partial charge in [0, 0.05) is 25.4 Å². The van der Waals surface area contributed by atoms with E-state index in [0.29, 0.717) is 18.5 Å². The Morgan fingerprint density at radius 3 is 3.00 bits per heavy atom. The average Bonchev–Trinajstić information content (AvgIpc) is 2.69. The summed E-state index contributed by atoms with van der Waals surface area (Å²) in [5.41, 5.74) is 0.350. The van der Waals surface area contributed by atoms with Gasteiger partial charge < -0.3 is 9.67 Å². The molecule has 0 fully saturated rings. The average molecular weight is 221 g/mol. The minimum absolute atomic E-state index is 0.0664. The van der Waals surface area contributed by atoms with Crippen molar-refractivity contribution < 1.29 is 9.90 Å². The van der Waals surface area contributed by atoms with Crippen molar-refractivity contribution in [3.8, 4) is 0 Å². The van der Waals surface area contributed by atoms with E-state index in [1.54, 1.807) is 24.7 Å². The molecular weight excluding hydrogens is 210 g/mol. The van der Waals surface area contributed by atoms with Gasteiger partial charge in [0.1, 0.15) is 5.52 Å². The van der Waals surface area contributed by atoms with Crippen LogP contribution in [-0.2, 0) is 11.3 Å². The zero-order valence-electron chi connectivity index (χ0n) is 8.54. The number of carboxylic acids is 1. The fourth-order valence-corrected chi connectivity index (χ4v) is 1.54. The van der Waals surface area contributed by atoms with Crippen molar-refractivity contribution >= 4 is 11.5 Å². The maximum Gasteiger partial charge on any atom is 0.303 e.